The highest BCUT2D eigenvalue weighted by Gasteiger charge is 2.28. The first-order valence-electron chi connectivity index (χ1n) is 6.50. The largest absolute Gasteiger partial charge is 0.364 e. The van der Waals surface area contributed by atoms with E-state index in [0.717, 1.165) is 12.8 Å². The summed E-state index contributed by atoms with van der Waals surface area (Å²) in [4.78, 5) is 16.9. The van der Waals surface area contributed by atoms with Crippen molar-refractivity contribution in [3.8, 4) is 0 Å². The van der Waals surface area contributed by atoms with Crippen LogP contribution in [0.1, 0.15) is 60.3 Å². The average molecular weight is 241 g/mol. The van der Waals surface area contributed by atoms with Crippen LogP contribution in [0.4, 0.5) is 0 Å². The number of hydroxylamine groups is 2. The van der Waals surface area contributed by atoms with Gasteiger partial charge in [-0.1, -0.05) is 32.8 Å². The number of rotatable bonds is 8. The molecule has 0 aromatic carbocycles. The predicted octanol–water partition coefficient (Wildman–Crippen LogP) is 3.70. The normalized spacial score (nSPS) is 11.6. The molecule has 17 heavy (non-hydrogen) atoms. The van der Waals surface area contributed by atoms with E-state index < -0.39 is 0 Å². The summed E-state index contributed by atoms with van der Waals surface area (Å²) in [5.74, 6) is -0.338. The van der Waals surface area contributed by atoms with Crippen LogP contribution >= 0.6 is 0 Å². The minimum absolute atomic E-state index is 0.116. The van der Waals surface area contributed by atoms with Gasteiger partial charge < -0.3 is 4.84 Å². The lowest BCUT2D eigenvalue weighted by Crippen LogP contribution is -2.45. The first kappa shape index (κ1) is 16.2. The monoisotopic (exact) mass is 241 g/mol. The minimum atomic E-state index is -0.338. The third kappa shape index (κ3) is 5.87. The smallest absolute Gasteiger partial charge is 0.352 e. The second-order valence-corrected chi connectivity index (χ2v) is 5.12. The minimum Gasteiger partial charge on any atom is -0.364 e. The summed E-state index contributed by atoms with van der Waals surface area (Å²) in [5, 5.41) is 1.76. The summed E-state index contributed by atoms with van der Waals surface area (Å²) < 4.78 is 0. The first-order chi connectivity index (χ1) is 7.85. The van der Waals surface area contributed by atoms with Crippen molar-refractivity contribution < 1.29 is 9.63 Å². The molecule has 0 saturated carbocycles. The maximum atomic E-state index is 11.5. The fourth-order valence-electron chi connectivity index (χ4n) is 1.73. The van der Waals surface area contributed by atoms with Gasteiger partial charge in [0.2, 0.25) is 0 Å². The fourth-order valence-corrected chi connectivity index (χ4v) is 1.73. The molecule has 0 N–H and O–H groups in total. The van der Waals surface area contributed by atoms with E-state index in [4.69, 9.17) is 4.84 Å². The van der Waals surface area contributed by atoms with Crippen LogP contribution in [0.15, 0.2) is 12.2 Å². The van der Waals surface area contributed by atoms with Gasteiger partial charge >= 0.3 is 5.97 Å². The molecule has 0 aliphatic heterocycles. The van der Waals surface area contributed by atoms with Gasteiger partial charge in [-0.2, -0.15) is 0 Å². The van der Waals surface area contributed by atoms with Gasteiger partial charge in [-0.25, -0.2) is 4.79 Å². The van der Waals surface area contributed by atoms with Crippen molar-refractivity contribution in [3.05, 3.63) is 12.2 Å². The second-order valence-electron chi connectivity index (χ2n) is 5.12. The summed E-state index contributed by atoms with van der Waals surface area (Å²) in [6.07, 6.45) is 4.60. The molecule has 0 spiro atoms. The Morgan fingerprint density at radius 3 is 2.29 bits per heavy atom. The summed E-state index contributed by atoms with van der Waals surface area (Å²) in [7, 11) is 0. The van der Waals surface area contributed by atoms with Crippen LogP contribution in [0.5, 0.6) is 0 Å². The van der Waals surface area contributed by atoms with Crippen molar-refractivity contribution in [1.29, 1.82) is 0 Å². The molecule has 0 aromatic heterocycles. The van der Waals surface area contributed by atoms with E-state index in [1.54, 1.807) is 12.0 Å². The number of hydrogen-bond donors (Lipinski definition) is 0. The van der Waals surface area contributed by atoms with Gasteiger partial charge in [-0.3, -0.25) is 0 Å². The third-order valence-electron chi connectivity index (χ3n) is 2.90. The Bertz CT molecular complexity index is 259. The van der Waals surface area contributed by atoms with Gasteiger partial charge in [-0.15, -0.1) is 5.06 Å². The maximum absolute atomic E-state index is 11.5. The van der Waals surface area contributed by atoms with Gasteiger partial charge in [-0.05, 0) is 34.1 Å². The standard InChI is InChI=1S/C14H27NO2/c1-7-9-10-11-14(5,6)15(8-2)17-13(16)12(3)4/h3,7-11H2,1-2,4-6H3. The van der Waals surface area contributed by atoms with E-state index in [2.05, 4.69) is 27.4 Å². The van der Waals surface area contributed by atoms with Crippen LogP contribution < -0.4 is 0 Å². The molecule has 0 aliphatic rings. The van der Waals surface area contributed by atoms with Crippen LogP contribution in [-0.4, -0.2) is 23.1 Å². The van der Waals surface area contributed by atoms with Crippen LogP contribution in [0.25, 0.3) is 0 Å². The molecule has 0 rings (SSSR count). The lowest BCUT2D eigenvalue weighted by atomic mass is 9.96. The highest BCUT2D eigenvalue weighted by molar-refractivity contribution is 5.86. The molecule has 0 unspecified atom stereocenters. The lowest BCUT2D eigenvalue weighted by Gasteiger charge is -2.36. The molecule has 0 heterocycles. The van der Waals surface area contributed by atoms with Crippen LogP contribution in [0.2, 0.25) is 0 Å². The SMILES string of the molecule is C=C(C)C(=O)ON(CC)C(C)(C)CCCCC. The van der Waals surface area contributed by atoms with Gasteiger partial charge in [0, 0.05) is 12.1 Å². The Morgan fingerprint density at radius 1 is 1.29 bits per heavy atom. The van der Waals surface area contributed by atoms with Crippen molar-refractivity contribution in [2.24, 2.45) is 0 Å². The molecule has 0 atom stereocenters. The van der Waals surface area contributed by atoms with E-state index in [-0.39, 0.29) is 11.5 Å². The Morgan fingerprint density at radius 2 is 1.88 bits per heavy atom. The summed E-state index contributed by atoms with van der Waals surface area (Å²) >= 11 is 0. The Kier molecular flexibility index (Phi) is 7.12. The topological polar surface area (TPSA) is 29.5 Å². The van der Waals surface area contributed by atoms with E-state index in [9.17, 15) is 4.79 Å². The molecule has 0 bridgehead atoms. The molecule has 0 amide bonds. The maximum Gasteiger partial charge on any atom is 0.352 e. The van der Waals surface area contributed by atoms with Gasteiger partial charge in [0.05, 0.1) is 5.54 Å². The Balaban J connectivity index is 4.40. The van der Waals surface area contributed by atoms with Crippen molar-refractivity contribution in [2.45, 2.75) is 65.8 Å². The molecule has 100 valence electrons. The van der Waals surface area contributed by atoms with Crippen molar-refractivity contribution in [3.63, 3.8) is 0 Å². The zero-order valence-electron chi connectivity index (χ0n) is 12.0. The second kappa shape index (κ2) is 7.49. The number of carbonyl (C=O) groups excluding carboxylic acids is 1. The summed E-state index contributed by atoms with van der Waals surface area (Å²) in [6, 6.07) is 0. The zero-order valence-corrected chi connectivity index (χ0v) is 12.0. The Hall–Kier alpha value is -0.830. The predicted molar refractivity (Wildman–Crippen MR) is 71.5 cm³/mol. The molecular formula is C14H27NO2. The molecule has 0 fully saturated rings. The van der Waals surface area contributed by atoms with Crippen molar-refractivity contribution >= 4 is 5.97 Å². The van der Waals surface area contributed by atoms with E-state index in [1.165, 1.54) is 12.8 Å². The number of unbranched alkanes of at least 4 members (excludes halogenated alkanes) is 2. The molecular weight excluding hydrogens is 214 g/mol. The van der Waals surface area contributed by atoms with Crippen molar-refractivity contribution in [2.75, 3.05) is 6.54 Å². The van der Waals surface area contributed by atoms with Crippen LogP contribution in [0.3, 0.4) is 0 Å². The van der Waals surface area contributed by atoms with Gasteiger partial charge in [0.15, 0.2) is 0 Å². The summed E-state index contributed by atoms with van der Waals surface area (Å²) in [6.45, 7) is 14.4. The number of hydrogen-bond acceptors (Lipinski definition) is 3. The highest BCUT2D eigenvalue weighted by atomic mass is 16.7. The van der Waals surface area contributed by atoms with Crippen LogP contribution in [-0.2, 0) is 9.63 Å². The highest BCUT2D eigenvalue weighted by Crippen LogP contribution is 2.22. The van der Waals surface area contributed by atoms with Crippen LogP contribution in [0, 0.1) is 0 Å². The first-order valence-corrected chi connectivity index (χ1v) is 6.50. The van der Waals surface area contributed by atoms with Gasteiger partial charge in [0.25, 0.3) is 0 Å². The summed E-state index contributed by atoms with van der Waals surface area (Å²) in [5.41, 5.74) is 0.322. The molecule has 0 aliphatic carbocycles. The van der Waals surface area contributed by atoms with Crippen molar-refractivity contribution in [1.82, 2.24) is 5.06 Å². The zero-order chi connectivity index (χ0) is 13.5. The molecule has 0 aromatic rings. The lowest BCUT2D eigenvalue weighted by molar-refractivity contribution is -0.212. The molecule has 0 radical (unpaired) electrons. The van der Waals surface area contributed by atoms with Gasteiger partial charge in [0.1, 0.15) is 0 Å². The third-order valence-corrected chi connectivity index (χ3v) is 2.90. The van der Waals surface area contributed by atoms with E-state index in [1.807, 2.05) is 6.92 Å². The molecule has 0 saturated heterocycles. The molecule has 3 nitrogen and oxygen atoms in total. The average Bonchev–Trinajstić information content (AvgIpc) is 2.25. The quantitative estimate of drug-likeness (QED) is 0.368. The van der Waals surface area contributed by atoms with E-state index >= 15 is 0 Å². The number of nitrogens with zero attached hydrogens (tertiary/aromatic N) is 1. The molecule has 3 heteroatoms. The fraction of sp³-hybridized carbons (Fsp3) is 0.786. The number of carbonyl (C=O) groups is 1. The van der Waals surface area contributed by atoms with E-state index in [0.29, 0.717) is 12.1 Å². The Labute approximate surface area is 106 Å².